The van der Waals surface area contributed by atoms with Gasteiger partial charge in [0.15, 0.2) is 5.65 Å². The predicted molar refractivity (Wildman–Crippen MR) is 112 cm³/mol. The zero-order valence-electron chi connectivity index (χ0n) is 16.8. The third-order valence-corrected chi connectivity index (χ3v) is 7.31. The van der Waals surface area contributed by atoms with Crippen LogP contribution in [0.5, 0.6) is 0 Å². The number of amides is 1. The van der Waals surface area contributed by atoms with Gasteiger partial charge in [0, 0.05) is 5.54 Å². The molecular formula is C23H25N5O2. The van der Waals surface area contributed by atoms with Crippen molar-refractivity contribution in [3.63, 3.8) is 0 Å². The van der Waals surface area contributed by atoms with Crippen LogP contribution in [-0.4, -0.2) is 30.8 Å². The van der Waals surface area contributed by atoms with Crippen LogP contribution in [0.1, 0.15) is 38.5 Å². The van der Waals surface area contributed by atoms with Crippen molar-refractivity contribution in [2.24, 2.45) is 17.8 Å². The Hall–Kier alpha value is -2.96. The van der Waals surface area contributed by atoms with E-state index in [4.69, 9.17) is 0 Å². The van der Waals surface area contributed by atoms with E-state index < -0.39 is 0 Å². The molecule has 2 heterocycles. The molecule has 7 rings (SSSR count). The number of aromatic nitrogens is 4. The van der Waals surface area contributed by atoms with E-state index in [1.165, 1.54) is 36.4 Å². The number of carbonyl (C=O) groups excluding carboxylic acids is 1. The van der Waals surface area contributed by atoms with Crippen molar-refractivity contribution in [2.75, 3.05) is 0 Å². The monoisotopic (exact) mass is 403 g/mol. The molecule has 0 atom stereocenters. The van der Waals surface area contributed by atoms with Crippen LogP contribution in [-0.2, 0) is 11.3 Å². The molecule has 0 saturated heterocycles. The fourth-order valence-corrected chi connectivity index (χ4v) is 6.57. The summed E-state index contributed by atoms with van der Waals surface area (Å²) < 4.78 is 3.05. The third-order valence-electron chi connectivity index (χ3n) is 7.31. The lowest BCUT2D eigenvalue weighted by Crippen LogP contribution is -2.60. The van der Waals surface area contributed by atoms with Crippen molar-refractivity contribution in [1.82, 2.24) is 24.6 Å². The summed E-state index contributed by atoms with van der Waals surface area (Å²) >= 11 is 0. The Morgan fingerprint density at radius 3 is 2.40 bits per heavy atom. The Kier molecular flexibility index (Phi) is 3.88. The molecule has 2 aromatic heterocycles. The van der Waals surface area contributed by atoms with E-state index in [9.17, 15) is 9.59 Å². The van der Waals surface area contributed by atoms with Gasteiger partial charge in [-0.25, -0.2) is 9.67 Å². The number of nitrogens with one attached hydrogen (secondary N) is 1. The van der Waals surface area contributed by atoms with Gasteiger partial charge in [0.05, 0.1) is 11.9 Å². The van der Waals surface area contributed by atoms with Crippen LogP contribution in [0.15, 0.2) is 47.7 Å². The number of hydrogen-bond donors (Lipinski definition) is 1. The molecule has 4 saturated carbocycles. The molecule has 0 unspecified atom stereocenters. The Morgan fingerprint density at radius 1 is 1.07 bits per heavy atom. The number of hydrogen-bond acceptors (Lipinski definition) is 4. The summed E-state index contributed by atoms with van der Waals surface area (Å²) in [5.74, 6) is 2.21. The quantitative estimate of drug-likeness (QED) is 0.726. The van der Waals surface area contributed by atoms with Crippen LogP contribution in [0.25, 0.3) is 16.7 Å². The molecule has 0 spiro atoms. The molecule has 1 aromatic carbocycles. The largest absolute Gasteiger partial charge is 0.349 e. The summed E-state index contributed by atoms with van der Waals surface area (Å²) in [5.41, 5.74) is 1.06. The van der Waals surface area contributed by atoms with Crippen molar-refractivity contribution < 1.29 is 4.79 Å². The van der Waals surface area contributed by atoms with Gasteiger partial charge in [0.25, 0.3) is 5.56 Å². The molecule has 7 heteroatoms. The molecule has 4 aliphatic rings. The summed E-state index contributed by atoms with van der Waals surface area (Å²) in [7, 11) is 0. The lowest BCUT2D eigenvalue weighted by atomic mass is 9.53. The highest BCUT2D eigenvalue weighted by molar-refractivity contribution is 5.78. The SMILES string of the molecule is O=C(Cn1cnc2c(cnn2-c2ccccc2)c1=O)NC12CC3CC(CC(C3)C1)C2. The summed E-state index contributed by atoms with van der Waals surface area (Å²) in [6.07, 6.45) is 10.3. The van der Waals surface area contributed by atoms with Gasteiger partial charge in [-0.15, -0.1) is 0 Å². The molecule has 7 nitrogen and oxygen atoms in total. The highest BCUT2D eigenvalue weighted by Crippen LogP contribution is 2.55. The van der Waals surface area contributed by atoms with E-state index in [-0.39, 0.29) is 23.6 Å². The first kappa shape index (κ1) is 17.9. The highest BCUT2D eigenvalue weighted by Gasteiger charge is 2.51. The van der Waals surface area contributed by atoms with Crippen molar-refractivity contribution in [3.8, 4) is 5.69 Å². The molecular weight excluding hydrogens is 378 g/mol. The fraction of sp³-hybridized carbons (Fsp3) is 0.478. The van der Waals surface area contributed by atoms with E-state index >= 15 is 0 Å². The second kappa shape index (κ2) is 6.52. The Bertz CT molecular complexity index is 1140. The molecule has 4 aliphatic carbocycles. The predicted octanol–water partition coefficient (Wildman–Crippen LogP) is 2.67. The number of benzene rings is 1. The number of nitrogens with zero attached hydrogens (tertiary/aromatic N) is 4. The Morgan fingerprint density at radius 2 is 1.73 bits per heavy atom. The van der Waals surface area contributed by atoms with Gasteiger partial charge in [0.1, 0.15) is 18.3 Å². The second-order valence-electron chi connectivity index (χ2n) is 9.55. The maximum atomic E-state index is 13.0. The molecule has 4 fully saturated rings. The maximum absolute atomic E-state index is 13.0. The molecule has 3 aromatic rings. The molecule has 1 N–H and O–H groups in total. The number of para-hydroxylation sites is 1. The average molecular weight is 403 g/mol. The van der Waals surface area contributed by atoms with Crippen LogP contribution in [0.2, 0.25) is 0 Å². The van der Waals surface area contributed by atoms with Crippen LogP contribution in [0.4, 0.5) is 0 Å². The third kappa shape index (κ3) is 2.87. The molecule has 1 amide bonds. The number of rotatable bonds is 4. The minimum atomic E-state index is -0.233. The first-order valence-electron chi connectivity index (χ1n) is 10.9. The molecule has 4 bridgehead atoms. The molecule has 30 heavy (non-hydrogen) atoms. The van der Waals surface area contributed by atoms with Gasteiger partial charge in [0.2, 0.25) is 5.91 Å². The topological polar surface area (TPSA) is 81.8 Å². The van der Waals surface area contributed by atoms with Gasteiger partial charge in [-0.2, -0.15) is 5.10 Å². The van der Waals surface area contributed by atoms with Crippen molar-refractivity contribution in [1.29, 1.82) is 0 Å². The Labute approximate surface area is 174 Å². The maximum Gasteiger partial charge on any atom is 0.264 e. The van der Waals surface area contributed by atoms with Crippen LogP contribution >= 0.6 is 0 Å². The van der Waals surface area contributed by atoms with Gasteiger partial charge in [-0.05, 0) is 68.4 Å². The number of carbonyl (C=O) groups is 1. The van der Waals surface area contributed by atoms with Gasteiger partial charge in [-0.3, -0.25) is 14.2 Å². The zero-order chi connectivity index (χ0) is 20.3. The zero-order valence-corrected chi connectivity index (χ0v) is 16.8. The van der Waals surface area contributed by atoms with E-state index in [1.807, 2.05) is 30.3 Å². The summed E-state index contributed by atoms with van der Waals surface area (Å²) in [5, 5.41) is 8.09. The van der Waals surface area contributed by atoms with Crippen LogP contribution in [0, 0.1) is 17.8 Å². The minimum Gasteiger partial charge on any atom is -0.349 e. The Balaban J connectivity index is 1.24. The summed E-state index contributed by atoms with van der Waals surface area (Å²) in [6.45, 7) is 0.0000400. The standard InChI is InChI=1S/C23H25N5O2/c29-20(26-23-9-15-6-16(10-23)8-17(7-15)11-23)13-27-14-24-21-19(22(27)30)12-25-28(21)18-4-2-1-3-5-18/h1-5,12,14-17H,6-11,13H2,(H,26,29). The second-order valence-corrected chi connectivity index (χ2v) is 9.55. The van der Waals surface area contributed by atoms with Gasteiger partial charge >= 0.3 is 0 Å². The van der Waals surface area contributed by atoms with Crippen molar-refractivity contribution in [2.45, 2.75) is 50.6 Å². The fourth-order valence-electron chi connectivity index (χ4n) is 6.57. The van der Waals surface area contributed by atoms with E-state index in [0.29, 0.717) is 11.0 Å². The smallest absolute Gasteiger partial charge is 0.264 e. The van der Waals surface area contributed by atoms with E-state index in [1.54, 1.807) is 4.68 Å². The molecule has 154 valence electrons. The minimum absolute atomic E-state index is 0.0000400. The van der Waals surface area contributed by atoms with Crippen LogP contribution in [0.3, 0.4) is 0 Å². The van der Waals surface area contributed by atoms with E-state index in [0.717, 1.165) is 42.7 Å². The van der Waals surface area contributed by atoms with Gasteiger partial charge in [-0.1, -0.05) is 18.2 Å². The molecule has 0 radical (unpaired) electrons. The summed E-state index contributed by atoms with van der Waals surface area (Å²) in [6, 6.07) is 9.59. The van der Waals surface area contributed by atoms with Crippen molar-refractivity contribution >= 4 is 16.9 Å². The lowest BCUT2D eigenvalue weighted by Gasteiger charge is -2.56. The number of fused-ring (bicyclic) bond motifs is 1. The first-order chi connectivity index (χ1) is 14.6. The van der Waals surface area contributed by atoms with Gasteiger partial charge < -0.3 is 5.32 Å². The summed E-state index contributed by atoms with van der Waals surface area (Å²) in [4.78, 5) is 30.3. The first-order valence-corrected chi connectivity index (χ1v) is 10.9. The highest BCUT2D eigenvalue weighted by atomic mass is 16.2. The van der Waals surface area contributed by atoms with Crippen molar-refractivity contribution in [3.05, 3.63) is 53.2 Å². The normalized spacial score (nSPS) is 29.4. The molecule has 0 aliphatic heterocycles. The van der Waals surface area contributed by atoms with E-state index in [2.05, 4.69) is 15.4 Å². The van der Waals surface area contributed by atoms with Crippen LogP contribution < -0.4 is 10.9 Å². The average Bonchev–Trinajstić information content (AvgIpc) is 3.14. The lowest BCUT2D eigenvalue weighted by molar-refractivity contribution is -0.127.